The Kier molecular flexibility index (Phi) is 4.00. The molecule has 2 aromatic rings. The molecular weight excluding hydrogens is 236 g/mol. The van der Waals surface area contributed by atoms with Crippen molar-refractivity contribution in [2.75, 3.05) is 7.11 Å². The van der Waals surface area contributed by atoms with E-state index >= 15 is 0 Å². The molecule has 0 saturated heterocycles. The van der Waals surface area contributed by atoms with Gasteiger partial charge in [-0.15, -0.1) is 0 Å². The zero-order valence-electron chi connectivity index (χ0n) is 11.6. The summed E-state index contributed by atoms with van der Waals surface area (Å²) in [6, 6.07) is 14.3. The van der Waals surface area contributed by atoms with Crippen molar-refractivity contribution in [2.45, 2.75) is 20.3 Å². The Balaban J connectivity index is 2.35. The Labute approximate surface area is 114 Å². The zero-order chi connectivity index (χ0) is 13.8. The molecule has 2 heteroatoms. The Morgan fingerprint density at radius 3 is 2.21 bits per heavy atom. The molecule has 0 aromatic heterocycles. The van der Waals surface area contributed by atoms with Crippen molar-refractivity contribution in [2.24, 2.45) is 0 Å². The lowest BCUT2D eigenvalue weighted by atomic mass is 9.99. The highest BCUT2D eigenvalue weighted by molar-refractivity contribution is 5.91. The molecule has 2 nitrogen and oxygen atoms in total. The lowest BCUT2D eigenvalue weighted by Gasteiger charge is -2.08. The second-order valence-electron chi connectivity index (χ2n) is 4.57. The summed E-state index contributed by atoms with van der Waals surface area (Å²) in [7, 11) is 1.40. The zero-order valence-corrected chi connectivity index (χ0v) is 11.6. The van der Waals surface area contributed by atoms with Gasteiger partial charge in [-0.2, -0.15) is 0 Å². The predicted molar refractivity (Wildman–Crippen MR) is 77.3 cm³/mol. The number of ether oxygens (including phenoxy) is 1. The highest BCUT2D eigenvalue weighted by Crippen LogP contribution is 2.23. The lowest BCUT2D eigenvalue weighted by molar-refractivity contribution is 0.0600. The van der Waals surface area contributed by atoms with E-state index < -0.39 is 0 Å². The van der Waals surface area contributed by atoms with Gasteiger partial charge in [0.15, 0.2) is 0 Å². The molecule has 98 valence electrons. The molecular formula is C17H18O2. The highest BCUT2D eigenvalue weighted by atomic mass is 16.5. The standard InChI is InChI=1S/C17H18O2/c1-4-13-5-7-14(8-6-13)15-9-10-16(12(2)11-15)17(18)19-3/h5-11H,4H2,1-3H3. The van der Waals surface area contributed by atoms with Gasteiger partial charge in [-0.1, -0.05) is 43.3 Å². The minimum Gasteiger partial charge on any atom is -0.465 e. The monoisotopic (exact) mass is 254 g/mol. The Bertz CT molecular complexity index is 583. The van der Waals surface area contributed by atoms with Gasteiger partial charge in [-0.05, 0) is 41.7 Å². The fraction of sp³-hybridized carbons (Fsp3) is 0.235. The Hall–Kier alpha value is -2.09. The van der Waals surface area contributed by atoms with Crippen molar-refractivity contribution >= 4 is 5.97 Å². The van der Waals surface area contributed by atoms with Crippen LogP contribution in [0.2, 0.25) is 0 Å². The normalized spacial score (nSPS) is 10.3. The third-order valence-corrected chi connectivity index (χ3v) is 3.33. The molecule has 0 heterocycles. The van der Waals surface area contributed by atoms with Crippen molar-refractivity contribution in [3.63, 3.8) is 0 Å². The smallest absolute Gasteiger partial charge is 0.338 e. The van der Waals surface area contributed by atoms with Gasteiger partial charge >= 0.3 is 5.97 Å². The molecule has 2 rings (SSSR count). The molecule has 19 heavy (non-hydrogen) atoms. The minimum atomic E-state index is -0.287. The molecule has 0 atom stereocenters. The van der Waals surface area contributed by atoms with Crippen LogP contribution in [0.25, 0.3) is 11.1 Å². The summed E-state index contributed by atoms with van der Waals surface area (Å²) in [5.74, 6) is -0.287. The molecule has 0 aliphatic heterocycles. The summed E-state index contributed by atoms with van der Waals surface area (Å²) in [5.41, 5.74) is 5.16. The second kappa shape index (κ2) is 5.70. The molecule has 0 amide bonds. The van der Waals surface area contributed by atoms with E-state index in [-0.39, 0.29) is 5.97 Å². The molecule has 0 unspecified atom stereocenters. The first kappa shape index (κ1) is 13.3. The van der Waals surface area contributed by atoms with Gasteiger partial charge in [0.05, 0.1) is 12.7 Å². The maximum atomic E-state index is 11.5. The summed E-state index contributed by atoms with van der Waals surface area (Å²) >= 11 is 0. The average molecular weight is 254 g/mol. The van der Waals surface area contributed by atoms with Crippen LogP contribution in [0.4, 0.5) is 0 Å². The van der Waals surface area contributed by atoms with Gasteiger partial charge in [0.1, 0.15) is 0 Å². The third-order valence-electron chi connectivity index (χ3n) is 3.33. The molecule has 0 bridgehead atoms. The van der Waals surface area contributed by atoms with Crippen LogP contribution in [0.5, 0.6) is 0 Å². The molecule has 0 N–H and O–H groups in total. The van der Waals surface area contributed by atoms with Gasteiger partial charge in [0.25, 0.3) is 0 Å². The van der Waals surface area contributed by atoms with E-state index in [9.17, 15) is 4.79 Å². The van der Waals surface area contributed by atoms with Gasteiger partial charge in [0, 0.05) is 0 Å². The Morgan fingerprint density at radius 1 is 1.05 bits per heavy atom. The van der Waals surface area contributed by atoms with Crippen LogP contribution in [0.3, 0.4) is 0 Å². The SMILES string of the molecule is CCc1ccc(-c2ccc(C(=O)OC)c(C)c2)cc1. The van der Waals surface area contributed by atoms with Gasteiger partial charge in [0.2, 0.25) is 0 Å². The number of carbonyl (C=O) groups excluding carboxylic acids is 1. The third kappa shape index (κ3) is 2.84. The van der Waals surface area contributed by atoms with E-state index in [4.69, 9.17) is 4.74 Å². The first-order valence-corrected chi connectivity index (χ1v) is 6.44. The van der Waals surface area contributed by atoms with Crippen molar-refractivity contribution in [1.29, 1.82) is 0 Å². The van der Waals surface area contributed by atoms with E-state index in [1.54, 1.807) is 0 Å². The molecule has 0 spiro atoms. The van der Waals surface area contributed by atoms with Crippen molar-refractivity contribution in [3.8, 4) is 11.1 Å². The van der Waals surface area contributed by atoms with E-state index in [0.29, 0.717) is 5.56 Å². The summed E-state index contributed by atoms with van der Waals surface area (Å²) < 4.78 is 4.75. The summed E-state index contributed by atoms with van der Waals surface area (Å²) in [6.07, 6.45) is 1.04. The van der Waals surface area contributed by atoms with Crippen molar-refractivity contribution < 1.29 is 9.53 Å². The van der Waals surface area contributed by atoms with E-state index in [2.05, 4.69) is 31.2 Å². The number of benzene rings is 2. The van der Waals surface area contributed by atoms with Gasteiger partial charge < -0.3 is 4.74 Å². The number of carbonyl (C=O) groups is 1. The summed E-state index contributed by atoms with van der Waals surface area (Å²) in [6.45, 7) is 4.07. The topological polar surface area (TPSA) is 26.3 Å². The maximum absolute atomic E-state index is 11.5. The molecule has 0 radical (unpaired) electrons. The molecule has 0 aliphatic carbocycles. The van der Waals surface area contributed by atoms with Crippen LogP contribution in [0, 0.1) is 6.92 Å². The van der Waals surface area contributed by atoms with Crippen molar-refractivity contribution in [1.82, 2.24) is 0 Å². The van der Waals surface area contributed by atoms with Crippen LogP contribution in [-0.2, 0) is 11.2 Å². The van der Waals surface area contributed by atoms with Crippen LogP contribution in [-0.4, -0.2) is 13.1 Å². The number of esters is 1. The maximum Gasteiger partial charge on any atom is 0.338 e. The molecule has 0 fully saturated rings. The van der Waals surface area contributed by atoms with Crippen molar-refractivity contribution in [3.05, 3.63) is 59.2 Å². The first-order chi connectivity index (χ1) is 9.15. The molecule has 0 saturated carbocycles. The number of methoxy groups -OCH3 is 1. The quantitative estimate of drug-likeness (QED) is 0.773. The molecule has 0 aliphatic rings. The average Bonchev–Trinajstić information content (AvgIpc) is 2.46. The second-order valence-corrected chi connectivity index (χ2v) is 4.57. The summed E-state index contributed by atoms with van der Waals surface area (Å²) in [4.78, 5) is 11.5. The highest BCUT2D eigenvalue weighted by Gasteiger charge is 2.09. The van der Waals surface area contributed by atoms with Gasteiger partial charge in [-0.3, -0.25) is 0 Å². The van der Waals surface area contributed by atoms with Crippen LogP contribution in [0.15, 0.2) is 42.5 Å². The van der Waals surface area contributed by atoms with Crippen LogP contribution in [0.1, 0.15) is 28.4 Å². The number of aryl methyl sites for hydroxylation is 2. The Morgan fingerprint density at radius 2 is 1.68 bits per heavy atom. The first-order valence-electron chi connectivity index (χ1n) is 6.44. The number of hydrogen-bond acceptors (Lipinski definition) is 2. The molecule has 2 aromatic carbocycles. The van der Waals surface area contributed by atoms with Crippen LogP contribution >= 0.6 is 0 Å². The lowest BCUT2D eigenvalue weighted by Crippen LogP contribution is -2.03. The van der Waals surface area contributed by atoms with Gasteiger partial charge in [-0.25, -0.2) is 4.79 Å². The fourth-order valence-electron chi connectivity index (χ4n) is 2.12. The number of hydrogen-bond donors (Lipinski definition) is 0. The minimum absolute atomic E-state index is 0.287. The predicted octanol–water partition coefficient (Wildman–Crippen LogP) is 4.01. The fourth-order valence-corrected chi connectivity index (χ4v) is 2.12. The van der Waals surface area contributed by atoms with E-state index in [0.717, 1.165) is 23.1 Å². The van der Waals surface area contributed by atoms with E-state index in [1.807, 2.05) is 25.1 Å². The van der Waals surface area contributed by atoms with E-state index in [1.165, 1.54) is 12.7 Å². The number of rotatable bonds is 3. The van der Waals surface area contributed by atoms with Crippen LogP contribution < -0.4 is 0 Å². The largest absolute Gasteiger partial charge is 0.465 e. The summed E-state index contributed by atoms with van der Waals surface area (Å²) in [5, 5.41) is 0.